The van der Waals surface area contributed by atoms with Crippen LogP contribution in [0, 0.1) is 0 Å². The predicted molar refractivity (Wildman–Crippen MR) is 74.6 cm³/mol. The van der Waals surface area contributed by atoms with Crippen LogP contribution in [-0.4, -0.2) is 60.5 Å². The van der Waals surface area contributed by atoms with Crippen LogP contribution < -0.4 is 5.32 Å². The van der Waals surface area contributed by atoms with Gasteiger partial charge in [0, 0.05) is 19.3 Å². The van der Waals surface area contributed by atoms with E-state index in [1.807, 2.05) is 11.8 Å². The standard InChI is InChI=1S/C14H21N3O3/c1-2-5-16-14(19)12-10-20-8-7-17(12)9-13(18)11-4-3-6-15-11/h3-4,6,12,15H,2,5,7-10H2,1H3,(H,16,19). The van der Waals surface area contributed by atoms with Gasteiger partial charge in [0.15, 0.2) is 5.78 Å². The molecule has 0 radical (unpaired) electrons. The van der Waals surface area contributed by atoms with Crippen LogP contribution in [0.1, 0.15) is 23.8 Å². The van der Waals surface area contributed by atoms with E-state index in [4.69, 9.17) is 4.74 Å². The second-order valence-electron chi connectivity index (χ2n) is 4.86. The molecule has 6 nitrogen and oxygen atoms in total. The summed E-state index contributed by atoms with van der Waals surface area (Å²) in [5, 5.41) is 2.86. The minimum Gasteiger partial charge on any atom is -0.378 e. The van der Waals surface area contributed by atoms with Gasteiger partial charge in [-0.1, -0.05) is 6.92 Å². The Balaban J connectivity index is 1.96. The van der Waals surface area contributed by atoms with E-state index in [0.29, 0.717) is 32.0 Å². The first-order valence-electron chi connectivity index (χ1n) is 6.98. The number of H-pyrrole nitrogens is 1. The molecule has 1 aromatic heterocycles. The summed E-state index contributed by atoms with van der Waals surface area (Å²) in [4.78, 5) is 29.0. The van der Waals surface area contributed by atoms with Crippen LogP contribution in [0.2, 0.25) is 0 Å². The molecule has 0 bridgehead atoms. The summed E-state index contributed by atoms with van der Waals surface area (Å²) in [6, 6.07) is 3.15. The van der Waals surface area contributed by atoms with Crippen LogP contribution >= 0.6 is 0 Å². The van der Waals surface area contributed by atoms with E-state index in [1.165, 1.54) is 0 Å². The van der Waals surface area contributed by atoms with E-state index in [-0.39, 0.29) is 24.3 Å². The summed E-state index contributed by atoms with van der Waals surface area (Å²) >= 11 is 0. The van der Waals surface area contributed by atoms with Crippen molar-refractivity contribution in [2.24, 2.45) is 0 Å². The number of morpholine rings is 1. The molecular formula is C14H21N3O3. The van der Waals surface area contributed by atoms with Gasteiger partial charge in [0.25, 0.3) is 0 Å². The third-order valence-electron chi connectivity index (χ3n) is 3.34. The van der Waals surface area contributed by atoms with Gasteiger partial charge in [-0.3, -0.25) is 14.5 Å². The predicted octanol–water partition coefficient (Wildman–Crippen LogP) is 0.424. The Kier molecular flexibility index (Phi) is 5.31. The van der Waals surface area contributed by atoms with Gasteiger partial charge in [0.05, 0.1) is 25.5 Å². The van der Waals surface area contributed by atoms with E-state index in [1.54, 1.807) is 18.3 Å². The molecule has 2 heterocycles. The first kappa shape index (κ1) is 14.7. The molecule has 1 aromatic rings. The number of aromatic nitrogens is 1. The number of Topliss-reactive ketones (excluding diaryl/α,β-unsaturated/α-hetero) is 1. The van der Waals surface area contributed by atoms with Crippen LogP contribution in [0.5, 0.6) is 0 Å². The molecule has 110 valence electrons. The molecule has 20 heavy (non-hydrogen) atoms. The number of ether oxygens (including phenoxy) is 1. The SMILES string of the molecule is CCCNC(=O)C1COCCN1CC(=O)c1ccc[nH]1. The fourth-order valence-electron chi connectivity index (χ4n) is 2.21. The summed E-state index contributed by atoms with van der Waals surface area (Å²) in [7, 11) is 0. The zero-order valence-electron chi connectivity index (χ0n) is 11.7. The fourth-order valence-corrected chi connectivity index (χ4v) is 2.21. The van der Waals surface area contributed by atoms with Gasteiger partial charge < -0.3 is 15.0 Å². The highest BCUT2D eigenvalue weighted by Crippen LogP contribution is 2.09. The lowest BCUT2D eigenvalue weighted by Crippen LogP contribution is -2.55. The van der Waals surface area contributed by atoms with Crippen molar-refractivity contribution in [1.82, 2.24) is 15.2 Å². The maximum atomic E-state index is 12.1. The van der Waals surface area contributed by atoms with Crippen LogP contribution in [-0.2, 0) is 9.53 Å². The van der Waals surface area contributed by atoms with Crippen molar-refractivity contribution in [2.75, 3.05) is 32.8 Å². The van der Waals surface area contributed by atoms with Gasteiger partial charge in [-0.15, -0.1) is 0 Å². The van der Waals surface area contributed by atoms with Crippen molar-refractivity contribution in [2.45, 2.75) is 19.4 Å². The maximum absolute atomic E-state index is 12.1. The highest BCUT2D eigenvalue weighted by Gasteiger charge is 2.30. The highest BCUT2D eigenvalue weighted by molar-refractivity contribution is 5.96. The summed E-state index contributed by atoms with van der Waals surface area (Å²) in [5.41, 5.74) is 0.573. The minimum atomic E-state index is -0.380. The number of aromatic amines is 1. The van der Waals surface area contributed by atoms with Crippen molar-refractivity contribution >= 4 is 11.7 Å². The molecule has 0 saturated carbocycles. The van der Waals surface area contributed by atoms with Gasteiger partial charge >= 0.3 is 0 Å². The molecule has 0 aliphatic carbocycles. The number of hydrogen-bond acceptors (Lipinski definition) is 4. The summed E-state index contributed by atoms with van der Waals surface area (Å²) < 4.78 is 5.36. The lowest BCUT2D eigenvalue weighted by atomic mass is 10.1. The third kappa shape index (κ3) is 3.68. The lowest BCUT2D eigenvalue weighted by Gasteiger charge is -2.33. The Hall–Kier alpha value is -1.66. The molecule has 1 aliphatic heterocycles. The van der Waals surface area contributed by atoms with Crippen LogP contribution in [0.3, 0.4) is 0 Å². The molecule has 0 aromatic carbocycles. The molecule has 6 heteroatoms. The number of rotatable bonds is 6. The minimum absolute atomic E-state index is 0.00908. The van der Waals surface area contributed by atoms with Crippen LogP contribution in [0.15, 0.2) is 18.3 Å². The largest absolute Gasteiger partial charge is 0.378 e. The smallest absolute Gasteiger partial charge is 0.239 e. The van der Waals surface area contributed by atoms with Crippen LogP contribution in [0.4, 0.5) is 0 Å². The highest BCUT2D eigenvalue weighted by atomic mass is 16.5. The van der Waals surface area contributed by atoms with Gasteiger partial charge in [-0.2, -0.15) is 0 Å². The van der Waals surface area contributed by atoms with Crippen molar-refractivity contribution in [3.63, 3.8) is 0 Å². The Morgan fingerprint density at radius 3 is 3.10 bits per heavy atom. The van der Waals surface area contributed by atoms with Crippen molar-refractivity contribution in [3.05, 3.63) is 24.0 Å². The van der Waals surface area contributed by atoms with Crippen molar-refractivity contribution in [1.29, 1.82) is 0 Å². The van der Waals surface area contributed by atoms with E-state index < -0.39 is 0 Å². The van der Waals surface area contributed by atoms with Gasteiger partial charge in [0.2, 0.25) is 5.91 Å². The van der Waals surface area contributed by atoms with Crippen LogP contribution in [0.25, 0.3) is 0 Å². The Morgan fingerprint density at radius 1 is 1.55 bits per heavy atom. The van der Waals surface area contributed by atoms with Crippen molar-refractivity contribution in [3.8, 4) is 0 Å². The van der Waals surface area contributed by atoms with Crippen molar-refractivity contribution < 1.29 is 14.3 Å². The summed E-state index contributed by atoms with van der Waals surface area (Å²) in [6.45, 7) is 4.37. The maximum Gasteiger partial charge on any atom is 0.239 e. The molecule has 1 unspecified atom stereocenters. The molecular weight excluding hydrogens is 258 g/mol. The third-order valence-corrected chi connectivity index (χ3v) is 3.34. The number of nitrogens with zero attached hydrogens (tertiary/aromatic N) is 1. The number of amides is 1. The normalized spacial score (nSPS) is 19.8. The zero-order chi connectivity index (χ0) is 14.4. The molecule has 2 N–H and O–H groups in total. The molecule has 1 amide bonds. The molecule has 1 fully saturated rings. The Labute approximate surface area is 118 Å². The van der Waals surface area contributed by atoms with E-state index in [0.717, 1.165) is 6.42 Å². The Bertz CT molecular complexity index is 445. The average molecular weight is 279 g/mol. The second-order valence-corrected chi connectivity index (χ2v) is 4.86. The topological polar surface area (TPSA) is 74.4 Å². The monoisotopic (exact) mass is 279 g/mol. The summed E-state index contributed by atoms with van der Waals surface area (Å²) in [6.07, 6.45) is 2.61. The Morgan fingerprint density at radius 2 is 2.40 bits per heavy atom. The molecule has 2 rings (SSSR count). The number of hydrogen-bond donors (Lipinski definition) is 2. The number of carbonyl (C=O) groups excluding carboxylic acids is 2. The van der Waals surface area contributed by atoms with E-state index >= 15 is 0 Å². The number of ketones is 1. The second kappa shape index (κ2) is 7.21. The fraction of sp³-hybridized carbons (Fsp3) is 0.571. The first-order valence-corrected chi connectivity index (χ1v) is 6.98. The summed E-state index contributed by atoms with van der Waals surface area (Å²) in [5.74, 6) is -0.0731. The molecule has 1 saturated heterocycles. The quantitative estimate of drug-likeness (QED) is 0.740. The molecule has 1 aliphatic rings. The van der Waals surface area contributed by atoms with Gasteiger partial charge in [-0.25, -0.2) is 0 Å². The average Bonchev–Trinajstić information content (AvgIpc) is 2.99. The lowest BCUT2D eigenvalue weighted by molar-refractivity contribution is -0.132. The zero-order valence-corrected chi connectivity index (χ0v) is 11.7. The van der Waals surface area contributed by atoms with Gasteiger partial charge in [-0.05, 0) is 18.6 Å². The number of nitrogens with one attached hydrogen (secondary N) is 2. The number of carbonyl (C=O) groups is 2. The van der Waals surface area contributed by atoms with E-state index in [9.17, 15) is 9.59 Å². The first-order chi connectivity index (χ1) is 9.72. The molecule has 0 spiro atoms. The van der Waals surface area contributed by atoms with E-state index in [2.05, 4.69) is 10.3 Å². The molecule has 1 atom stereocenters. The van der Waals surface area contributed by atoms with Gasteiger partial charge in [0.1, 0.15) is 6.04 Å².